The lowest BCUT2D eigenvalue weighted by Gasteiger charge is -2.04. The Morgan fingerprint density at radius 1 is 1.43 bits per heavy atom. The first-order valence-corrected chi connectivity index (χ1v) is 4.26. The number of epoxide rings is 1. The highest BCUT2D eigenvalue weighted by Crippen LogP contribution is 2.22. The van der Waals surface area contributed by atoms with Crippen LogP contribution in [0.1, 0.15) is 19.8 Å². The summed E-state index contributed by atoms with van der Waals surface area (Å²) in [6, 6.07) is 0. The van der Waals surface area contributed by atoms with E-state index in [2.05, 4.69) is 0 Å². The fourth-order valence-corrected chi connectivity index (χ4v) is 1.21. The van der Waals surface area contributed by atoms with Crippen LogP contribution in [0.3, 0.4) is 0 Å². The van der Waals surface area contributed by atoms with E-state index in [1.165, 1.54) is 0 Å². The number of carbonyl (C=O) groups is 2. The van der Waals surface area contributed by atoms with Gasteiger partial charge in [-0.05, 0) is 13.3 Å². The van der Waals surface area contributed by atoms with Gasteiger partial charge in [-0.3, -0.25) is 4.79 Å². The Hall–Kier alpha value is -1.36. The molecular weight excluding hydrogens is 188 g/mol. The number of hydrogen-bond acceptors (Lipinski definition) is 3. The highest BCUT2D eigenvalue weighted by atomic mass is 16.6. The van der Waals surface area contributed by atoms with Crippen LogP contribution in [0.5, 0.6) is 0 Å². The second-order valence-electron chi connectivity index (χ2n) is 3.29. The van der Waals surface area contributed by atoms with Crippen molar-refractivity contribution in [3.63, 3.8) is 0 Å². The minimum absolute atomic E-state index is 0.0343. The van der Waals surface area contributed by atoms with Gasteiger partial charge in [0.05, 0.1) is 19.1 Å². The Labute approximate surface area is 81.0 Å². The van der Waals surface area contributed by atoms with Gasteiger partial charge in [-0.15, -0.1) is 0 Å². The number of hydrogen-bond donors (Lipinski definition) is 2. The number of rotatable bonds is 5. The fraction of sp³-hybridized carbons (Fsp3) is 0.556. The summed E-state index contributed by atoms with van der Waals surface area (Å²) in [5.41, 5.74) is 0.551. The molecule has 78 valence electrons. The summed E-state index contributed by atoms with van der Waals surface area (Å²) in [5, 5.41) is 17.3. The molecule has 0 amide bonds. The number of carboxylic acids is 2. The van der Waals surface area contributed by atoms with Crippen LogP contribution in [0.25, 0.3) is 0 Å². The maximum atomic E-state index is 10.7. The Kier molecular flexibility index (Phi) is 3.24. The van der Waals surface area contributed by atoms with E-state index in [4.69, 9.17) is 14.9 Å². The Morgan fingerprint density at radius 3 is 2.36 bits per heavy atom. The van der Waals surface area contributed by atoms with Crippen LogP contribution in [0.15, 0.2) is 11.1 Å². The van der Waals surface area contributed by atoms with Crippen LogP contribution in [0.2, 0.25) is 0 Å². The monoisotopic (exact) mass is 200 g/mol. The van der Waals surface area contributed by atoms with Gasteiger partial charge in [0.2, 0.25) is 0 Å². The van der Waals surface area contributed by atoms with E-state index < -0.39 is 18.4 Å². The molecule has 0 bridgehead atoms. The zero-order valence-corrected chi connectivity index (χ0v) is 7.82. The standard InChI is InChI=1S/C9H12O5/c1-5(2-6-4-14-6)7(9(12)13)3-8(10)11/h6H,2-4H2,1H3,(H,10,11)(H,12,13). The summed E-state index contributed by atoms with van der Waals surface area (Å²) < 4.78 is 4.94. The van der Waals surface area contributed by atoms with E-state index in [0.29, 0.717) is 18.6 Å². The first-order chi connectivity index (χ1) is 6.50. The highest BCUT2D eigenvalue weighted by Gasteiger charge is 2.25. The molecule has 1 aliphatic rings. The molecule has 5 nitrogen and oxygen atoms in total. The van der Waals surface area contributed by atoms with Crippen LogP contribution in [-0.4, -0.2) is 34.9 Å². The molecule has 0 aliphatic carbocycles. The maximum Gasteiger partial charge on any atom is 0.332 e. The van der Waals surface area contributed by atoms with Gasteiger partial charge in [0.15, 0.2) is 0 Å². The van der Waals surface area contributed by atoms with E-state index in [0.717, 1.165) is 0 Å². The van der Waals surface area contributed by atoms with Gasteiger partial charge in [0.25, 0.3) is 0 Å². The van der Waals surface area contributed by atoms with E-state index in [1.54, 1.807) is 6.92 Å². The molecule has 0 aromatic rings. The summed E-state index contributed by atoms with van der Waals surface area (Å²) >= 11 is 0. The van der Waals surface area contributed by atoms with Crippen molar-refractivity contribution in [3.8, 4) is 0 Å². The molecule has 1 saturated heterocycles. The van der Waals surface area contributed by atoms with Crippen molar-refractivity contribution in [2.75, 3.05) is 6.61 Å². The first kappa shape index (κ1) is 10.7. The lowest BCUT2D eigenvalue weighted by Crippen LogP contribution is -2.09. The maximum absolute atomic E-state index is 10.7. The molecule has 1 rings (SSSR count). The largest absolute Gasteiger partial charge is 0.481 e. The molecule has 1 fully saturated rings. The van der Waals surface area contributed by atoms with Crippen molar-refractivity contribution in [3.05, 3.63) is 11.1 Å². The predicted octanol–water partition coefficient (Wildman–Crippen LogP) is 0.651. The molecule has 5 heteroatoms. The second-order valence-corrected chi connectivity index (χ2v) is 3.29. The SMILES string of the molecule is CC(CC1CO1)=C(CC(=O)O)C(=O)O. The zero-order chi connectivity index (χ0) is 10.7. The summed E-state index contributed by atoms with van der Waals surface area (Å²) in [4.78, 5) is 21.1. The van der Waals surface area contributed by atoms with Gasteiger partial charge in [-0.25, -0.2) is 4.79 Å². The third-order valence-corrected chi connectivity index (χ3v) is 2.04. The summed E-state index contributed by atoms with van der Waals surface area (Å²) in [5.74, 6) is -2.29. The minimum atomic E-state index is -1.16. The molecule has 2 N–H and O–H groups in total. The van der Waals surface area contributed by atoms with Gasteiger partial charge in [0.1, 0.15) is 0 Å². The average molecular weight is 200 g/mol. The third-order valence-electron chi connectivity index (χ3n) is 2.04. The number of ether oxygens (including phenoxy) is 1. The molecule has 14 heavy (non-hydrogen) atoms. The Balaban J connectivity index is 2.70. The van der Waals surface area contributed by atoms with Gasteiger partial charge in [-0.1, -0.05) is 5.57 Å². The van der Waals surface area contributed by atoms with Crippen LogP contribution < -0.4 is 0 Å². The predicted molar refractivity (Wildman–Crippen MR) is 46.9 cm³/mol. The van der Waals surface area contributed by atoms with Crippen molar-refractivity contribution >= 4 is 11.9 Å². The van der Waals surface area contributed by atoms with Gasteiger partial charge < -0.3 is 14.9 Å². The fourth-order valence-electron chi connectivity index (χ4n) is 1.21. The quantitative estimate of drug-likeness (QED) is 0.502. The third kappa shape index (κ3) is 3.18. The van der Waals surface area contributed by atoms with Gasteiger partial charge >= 0.3 is 11.9 Å². The summed E-state index contributed by atoms with van der Waals surface area (Å²) in [6.45, 7) is 2.27. The topological polar surface area (TPSA) is 87.1 Å². The van der Waals surface area contributed by atoms with E-state index in [1.807, 2.05) is 0 Å². The lowest BCUT2D eigenvalue weighted by molar-refractivity contribution is -0.139. The summed E-state index contributed by atoms with van der Waals surface area (Å²) in [7, 11) is 0. The average Bonchev–Trinajstić information content (AvgIpc) is 2.82. The van der Waals surface area contributed by atoms with Crippen molar-refractivity contribution in [2.24, 2.45) is 0 Å². The first-order valence-electron chi connectivity index (χ1n) is 4.26. The lowest BCUT2D eigenvalue weighted by atomic mass is 10.0. The Morgan fingerprint density at radius 2 is 2.00 bits per heavy atom. The number of carboxylic acid groups (broad SMARTS) is 2. The van der Waals surface area contributed by atoms with Gasteiger partial charge in [0, 0.05) is 5.57 Å². The van der Waals surface area contributed by atoms with Crippen LogP contribution in [0.4, 0.5) is 0 Å². The normalized spacial score (nSPS) is 21.4. The smallest absolute Gasteiger partial charge is 0.332 e. The summed E-state index contributed by atoms with van der Waals surface area (Å²) in [6.07, 6.45) is 0.154. The van der Waals surface area contributed by atoms with Crippen molar-refractivity contribution in [1.82, 2.24) is 0 Å². The molecule has 1 atom stereocenters. The van der Waals surface area contributed by atoms with Crippen molar-refractivity contribution in [1.29, 1.82) is 0 Å². The Bertz CT molecular complexity index is 288. The molecule has 0 radical (unpaired) electrons. The molecule has 1 heterocycles. The van der Waals surface area contributed by atoms with E-state index in [9.17, 15) is 9.59 Å². The molecule has 1 aliphatic heterocycles. The van der Waals surface area contributed by atoms with Crippen LogP contribution in [0, 0.1) is 0 Å². The highest BCUT2D eigenvalue weighted by molar-refractivity contribution is 5.92. The zero-order valence-electron chi connectivity index (χ0n) is 7.82. The molecular formula is C9H12O5. The minimum Gasteiger partial charge on any atom is -0.481 e. The van der Waals surface area contributed by atoms with E-state index >= 15 is 0 Å². The molecule has 0 aromatic carbocycles. The number of aliphatic carboxylic acids is 2. The molecule has 0 saturated carbocycles. The van der Waals surface area contributed by atoms with E-state index in [-0.39, 0.29) is 11.7 Å². The van der Waals surface area contributed by atoms with Crippen LogP contribution in [-0.2, 0) is 14.3 Å². The molecule has 0 aromatic heterocycles. The molecule has 0 spiro atoms. The van der Waals surface area contributed by atoms with Crippen molar-refractivity contribution in [2.45, 2.75) is 25.9 Å². The van der Waals surface area contributed by atoms with Gasteiger partial charge in [-0.2, -0.15) is 0 Å². The van der Waals surface area contributed by atoms with Crippen LogP contribution >= 0.6 is 0 Å². The van der Waals surface area contributed by atoms with Crippen molar-refractivity contribution < 1.29 is 24.5 Å². The second kappa shape index (κ2) is 4.23. The molecule has 1 unspecified atom stereocenters.